The van der Waals surface area contributed by atoms with E-state index in [-0.39, 0.29) is 0 Å². The van der Waals surface area contributed by atoms with E-state index in [1.807, 2.05) is 12.3 Å². The molecular formula is C16H21N3S. The van der Waals surface area contributed by atoms with Crippen molar-refractivity contribution in [3.05, 3.63) is 41.3 Å². The zero-order valence-electron chi connectivity index (χ0n) is 12.0. The molecule has 0 saturated carbocycles. The molecular weight excluding hydrogens is 266 g/mol. The summed E-state index contributed by atoms with van der Waals surface area (Å²) in [5.74, 6) is 0. The lowest BCUT2D eigenvalue weighted by Crippen LogP contribution is -2.38. The van der Waals surface area contributed by atoms with Gasteiger partial charge in [0.1, 0.15) is 0 Å². The van der Waals surface area contributed by atoms with Crippen molar-refractivity contribution in [3.8, 4) is 11.3 Å². The van der Waals surface area contributed by atoms with Crippen molar-refractivity contribution in [3.63, 3.8) is 0 Å². The van der Waals surface area contributed by atoms with Crippen LogP contribution in [0.25, 0.3) is 11.3 Å². The van der Waals surface area contributed by atoms with Gasteiger partial charge in [0, 0.05) is 24.8 Å². The monoisotopic (exact) mass is 287 g/mol. The number of rotatable bonds is 2. The summed E-state index contributed by atoms with van der Waals surface area (Å²) in [7, 11) is 2.20. The van der Waals surface area contributed by atoms with Gasteiger partial charge in [0.2, 0.25) is 0 Å². The van der Waals surface area contributed by atoms with Crippen LogP contribution >= 0.6 is 12.2 Å². The maximum absolute atomic E-state index is 5.52. The third-order valence-electron chi connectivity index (χ3n) is 4.43. The lowest BCUT2D eigenvalue weighted by atomic mass is 9.98. The first-order valence-corrected chi connectivity index (χ1v) is 7.63. The average molecular weight is 287 g/mol. The third-order valence-corrected chi connectivity index (χ3v) is 4.74. The van der Waals surface area contributed by atoms with Crippen molar-refractivity contribution in [2.45, 2.75) is 31.8 Å². The molecule has 0 spiro atoms. The minimum absolute atomic E-state index is 0.496. The summed E-state index contributed by atoms with van der Waals surface area (Å²) in [6.07, 6.45) is 4.36. The SMILES string of the molecule is CC1CC(n2c(-c3ccccc3)c[nH]c2=S)CCN1C. The average Bonchev–Trinajstić information content (AvgIpc) is 2.85. The van der Waals surface area contributed by atoms with E-state index in [1.54, 1.807) is 0 Å². The van der Waals surface area contributed by atoms with Crippen molar-refractivity contribution in [2.24, 2.45) is 0 Å². The summed E-state index contributed by atoms with van der Waals surface area (Å²) in [6.45, 7) is 3.43. The van der Waals surface area contributed by atoms with Gasteiger partial charge in [-0.25, -0.2) is 0 Å². The summed E-state index contributed by atoms with van der Waals surface area (Å²) in [6, 6.07) is 11.6. The predicted octanol–water partition coefficient (Wildman–Crippen LogP) is 3.87. The van der Waals surface area contributed by atoms with Crippen molar-refractivity contribution < 1.29 is 0 Å². The predicted molar refractivity (Wildman–Crippen MR) is 85.4 cm³/mol. The van der Waals surface area contributed by atoms with E-state index in [1.165, 1.54) is 11.3 Å². The van der Waals surface area contributed by atoms with Crippen molar-refractivity contribution in [2.75, 3.05) is 13.6 Å². The van der Waals surface area contributed by atoms with Crippen LogP contribution in [0.5, 0.6) is 0 Å². The Morgan fingerprint density at radius 1 is 1.25 bits per heavy atom. The van der Waals surface area contributed by atoms with E-state index in [2.05, 4.69) is 52.7 Å². The van der Waals surface area contributed by atoms with Crippen LogP contribution in [0.4, 0.5) is 0 Å². The number of aromatic amines is 1. The number of hydrogen-bond acceptors (Lipinski definition) is 2. The molecule has 3 rings (SSSR count). The standard InChI is InChI=1S/C16H21N3S/c1-12-10-14(8-9-18(12)2)19-15(11-17-16(19)20)13-6-4-3-5-7-13/h3-7,11-12,14H,8-10H2,1-2H3,(H,17,20). The third kappa shape index (κ3) is 2.45. The minimum atomic E-state index is 0.496. The molecule has 1 aromatic heterocycles. The molecule has 1 N–H and O–H groups in total. The molecule has 3 nitrogen and oxygen atoms in total. The van der Waals surface area contributed by atoms with Crippen LogP contribution in [0, 0.1) is 4.77 Å². The second-order valence-corrected chi connectivity index (χ2v) is 6.11. The Labute approximate surface area is 125 Å². The van der Waals surface area contributed by atoms with Gasteiger partial charge in [0.15, 0.2) is 4.77 Å². The minimum Gasteiger partial charge on any atom is -0.337 e. The van der Waals surface area contributed by atoms with Crippen molar-refractivity contribution >= 4 is 12.2 Å². The molecule has 2 unspecified atom stereocenters. The van der Waals surface area contributed by atoms with Crippen LogP contribution in [0.15, 0.2) is 36.5 Å². The number of piperidine rings is 1. The van der Waals surface area contributed by atoms with Gasteiger partial charge in [0.05, 0.1) is 5.69 Å². The zero-order chi connectivity index (χ0) is 14.1. The molecule has 1 fully saturated rings. The maximum atomic E-state index is 5.52. The molecule has 2 heterocycles. The molecule has 1 aliphatic heterocycles. The van der Waals surface area contributed by atoms with Gasteiger partial charge in [-0.05, 0) is 44.6 Å². The van der Waals surface area contributed by atoms with Gasteiger partial charge in [0.25, 0.3) is 0 Å². The fraction of sp³-hybridized carbons (Fsp3) is 0.438. The molecule has 2 atom stereocenters. The first kappa shape index (κ1) is 13.6. The maximum Gasteiger partial charge on any atom is 0.177 e. The summed E-state index contributed by atoms with van der Waals surface area (Å²) < 4.78 is 3.15. The molecule has 1 aromatic carbocycles. The van der Waals surface area contributed by atoms with E-state index in [4.69, 9.17) is 12.2 Å². The number of aromatic nitrogens is 2. The second-order valence-electron chi connectivity index (χ2n) is 5.72. The number of nitrogens with one attached hydrogen (secondary N) is 1. The second kappa shape index (κ2) is 5.54. The van der Waals surface area contributed by atoms with Gasteiger partial charge in [-0.3, -0.25) is 0 Å². The van der Waals surface area contributed by atoms with Gasteiger partial charge in [-0.1, -0.05) is 30.3 Å². The van der Waals surface area contributed by atoms with E-state index in [0.29, 0.717) is 12.1 Å². The van der Waals surface area contributed by atoms with Crippen LogP contribution in [-0.2, 0) is 0 Å². The number of imidazole rings is 1. The van der Waals surface area contributed by atoms with Gasteiger partial charge >= 0.3 is 0 Å². The largest absolute Gasteiger partial charge is 0.337 e. The number of H-pyrrole nitrogens is 1. The Hall–Kier alpha value is -1.39. The van der Waals surface area contributed by atoms with Gasteiger partial charge < -0.3 is 14.5 Å². The fourth-order valence-corrected chi connectivity index (χ4v) is 3.38. The summed E-state index contributed by atoms with van der Waals surface area (Å²) in [5.41, 5.74) is 2.43. The van der Waals surface area contributed by atoms with Crippen molar-refractivity contribution in [1.82, 2.24) is 14.5 Å². The summed E-state index contributed by atoms with van der Waals surface area (Å²) >= 11 is 5.52. The molecule has 0 aliphatic carbocycles. The van der Waals surface area contributed by atoms with E-state index in [9.17, 15) is 0 Å². The van der Waals surface area contributed by atoms with E-state index < -0.39 is 0 Å². The number of likely N-dealkylation sites (tertiary alicyclic amines) is 1. The molecule has 0 amide bonds. The highest BCUT2D eigenvalue weighted by molar-refractivity contribution is 7.71. The highest BCUT2D eigenvalue weighted by Gasteiger charge is 2.26. The molecule has 20 heavy (non-hydrogen) atoms. The van der Waals surface area contributed by atoms with Crippen LogP contribution < -0.4 is 0 Å². The summed E-state index contributed by atoms with van der Waals surface area (Å²) in [4.78, 5) is 5.65. The lowest BCUT2D eigenvalue weighted by Gasteiger charge is -2.36. The van der Waals surface area contributed by atoms with Crippen LogP contribution in [0.3, 0.4) is 0 Å². The van der Waals surface area contributed by atoms with Crippen LogP contribution in [0.1, 0.15) is 25.8 Å². The molecule has 0 bridgehead atoms. The summed E-state index contributed by atoms with van der Waals surface area (Å²) in [5, 5.41) is 0. The molecule has 1 saturated heterocycles. The Morgan fingerprint density at radius 3 is 2.70 bits per heavy atom. The van der Waals surface area contributed by atoms with Gasteiger partial charge in [-0.15, -0.1) is 0 Å². The smallest absolute Gasteiger partial charge is 0.177 e. The quantitative estimate of drug-likeness (QED) is 0.848. The highest BCUT2D eigenvalue weighted by atomic mass is 32.1. The Bertz CT molecular complexity index is 629. The number of hydrogen-bond donors (Lipinski definition) is 1. The van der Waals surface area contributed by atoms with E-state index >= 15 is 0 Å². The first-order chi connectivity index (χ1) is 9.66. The lowest BCUT2D eigenvalue weighted by molar-refractivity contribution is 0.157. The Kier molecular flexibility index (Phi) is 3.76. The fourth-order valence-electron chi connectivity index (χ4n) is 3.07. The Morgan fingerprint density at radius 2 is 2.00 bits per heavy atom. The number of benzene rings is 1. The van der Waals surface area contributed by atoms with Gasteiger partial charge in [-0.2, -0.15) is 0 Å². The number of nitrogens with zero attached hydrogens (tertiary/aromatic N) is 2. The molecule has 2 aromatic rings. The Balaban J connectivity index is 1.98. The van der Waals surface area contributed by atoms with Crippen LogP contribution in [0.2, 0.25) is 0 Å². The van der Waals surface area contributed by atoms with E-state index in [0.717, 1.165) is 24.2 Å². The normalized spacial score (nSPS) is 23.9. The molecule has 106 valence electrons. The molecule has 0 radical (unpaired) electrons. The molecule has 4 heteroatoms. The van der Waals surface area contributed by atoms with Crippen molar-refractivity contribution in [1.29, 1.82) is 0 Å². The zero-order valence-corrected chi connectivity index (χ0v) is 12.9. The van der Waals surface area contributed by atoms with Crippen LogP contribution in [-0.4, -0.2) is 34.1 Å². The topological polar surface area (TPSA) is 24.0 Å². The highest BCUT2D eigenvalue weighted by Crippen LogP contribution is 2.31. The first-order valence-electron chi connectivity index (χ1n) is 7.22. The molecule has 1 aliphatic rings.